The first-order valence-electron chi connectivity index (χ1n) is 6.09. The SMILES string of the molecule is O=C(NCC1(C2CC2)CC1)c1ccc(Cl)nc1. The van der Waals surface area contributed by atoms with Gasteiger partial charge in [-0.15, -0.1) is 0 Å². The van der Waals surface area contributed by atoms with Gasteiger partial charge in [0, 0.05) is 12.7 Å². The van der Waals surface area contributed by atoms with E-state index in [1.165, 1.54) is 31.9 Å². The molecule has 17 heavy (non-hydrogen) atoms. The van der Waals surface area contributed by atoms with Gasteiger partial charge in [-0.3, -0.25) is 4.79 Å². The van der Waals surface area contributed by atoms with Gasteiger partial charge in [0.2, 0.25) is 0 Å². The van der Waals surface area contributed by atoms with Crippen LogP contribution in [0.1, 0.15) is 36.0 Å². The zero-order chi connectivity index (χ0) is 11.9. The molecule has 0 aliphatic heterocycles. The first-order valence-corrected chi connectivity index (χ1v) is 6.47. The van der Waals surface area contributed by atoms with Gasteiger partial charge in [0.1, 0.15) is 5.15 Å². The Labute approximate surface area is 106 Å². The number of nitrogens with zero attached hydrogens (tertiary/aromatic N) is 1. The number of carbonyl (C=O) groups is 1. The molecule has 1 N–H and O–H groups in total. The van der Waals surface area contributed by atoms with Crippen molar-refractivity contribution in [3.63, 3.8) is 0 Å². The smallest absolute Gasteiger partial charge is 0.252 e. The second kappa shape index (κ2) is 3.98. The molecule has 1 aromatic heterocycles. The predicted molar refractivity (Wildman–Crippen MR) is 66.0 cm³/mol. The van der Waals surface area contributed by atoms with E-state index in [4.69, 9.17) is 11.6 Å². The zero-order valence-corrected chi connectivity index (χ0v) is 10.3. The molecule has 2 aliphatic carbocycles. The van der Waals surface area contributed by atoms with Crippen molar-refractivity contribution in [3.05, 3.63) is 29.0 Å². The Morgan fingerprint density at radius 2 is 2.24 bits per heavy atom. The van der Waals surface area contributed by atoms with Crippen LogP contribution < -0.4 is 5.32 Å². The lowest BCUT2D eigenvalue weighted by atomic mass is 10.0. The Morgan fingerprint density at radius 1 is 1.47 bits per heavy atom. The van der Waals surface area contributed by atoms with Crippen LogP contribution in [0.2, 0.25) is 5.15 Å². The minimum Gasteiger partial charge on any atom is -0.351 e. The third-order valence-electron chi connectivity index (χ3n) is 3.93. The third-order valence-corrected chi connectivity index (χ3v) is 4.15. The number of carbonyl (C=O) groups excluding carboxylic acids is 1. The van der Waals surface area contributed by atoms with Crippen LogP contribution in [0.4, 0.5) is 0 Å². The minimum absolute atomic E-state index is 0.0407. The van der Waals surface area contributed by atoms with Gasteiger partial charge in [0.15, 0.2) is 0 Å². The highest BCUT2D eigenvalue weighted by Gasteiger charge is 2.53. The Bertz CT molecular complexity index is 435. The molecule has 2 saturated carbocycles. The van der Waals surface area contributed by atoms with Crippen molar-refractivity contribution in [1.29, 1.82) is 0 Å². The van der Waals surface area contributed by atoms with Crippen LogP contribution in [0.15, 0.2) is 18.3 Å². The van der Waals surface area contributed by atoms with Gasteiger partial charge in [0.25, 0.3) is 5.91 Å². The second-order valence-corrected chi connectivity index (χ2v) is 5.58. The molecule has 0 bridgehead atoms. The van der Waals surface area contributed by atoms with Gasteiger partial charge in [-0.1, -0.05) is 11.6 Å². The lowest BCUT2D eigenvalue weighted by Gasteiger charge is -2.14. The Balaban J connectivity index is 1.58. The molecule has 1 amide bonds. The molecular formula is C13H15ClN2O. The molecule has 90 valence electrons. The van der Waals surface area contributed by atoms with E-state index in [2.05, 4.69) is 10.3 Å². The molecule has 3 nitrogen and oxygen atoms in total. The van der Waals surface area contributed by atoms with Crippen LogP contribution in [0.3, 0.4) is 0 Å². The van der Waals surface area contributed by atoms with Gasteiger partial charge < -0.3 is 5.32 Å². The van der Waals surface area contributed by atoms with Crippen molar-refractivity contribution >= 4 is 17.5 Å². The van der Waals surface area contributed by atoms with Crippen molar-refractivity contribution in [3.8, 4) is 0 Å². The van der Waals surface area contributed by atoms with E-state index in [1.54, 1.807) is 12.1 Å². The number of aromatic nitrogens is 1. The van der Waals surface area contributed by atoms with Gasteiger partial charge >= 0.3 is 0 Å². The first kappa shape index (κ1) is 11.0. The van der Waals surface area contributed by atoms with E-state index in [0.717, 1.165) is 12.5 Å². The van der Waals surface area contributed by atoms with Crippen LogP contribution in [-0.2, 0) is 0 Å². The van der Waals surface area contributed by atoms with E-state index in [1.807, 2.05) is 0 Å². The molecule has 2 aliphatic rings. The lowest BCUT2D eigenvalue weighted by Crippen LogP contribution is -2.31. The molecule has 3 rings (SSSR count). The van der Waals surface area contributed by atoms with Gasteiger partial charge in [0.05, 0.1) is 5.56 Å². The highest BCUT2D eigenvalue weighted by Crippen LogP contribution is 2.60. The molecule has 0 unspecified atom stereocenters. The zero-order valence-electron chi connectivity index (χ0n) is 9.58. The Morgan fingerprint density at radius 3 is 2.76 bits per heavy atom. The largest absolute Gasteiger partial charge is 0.351 e. The fourth-order valence-electron chi connectivity index (χ4n) is 2.45. The van der Waals surface area contributed by atoms with Crippen molar-refractivity contribution in [2.75, 3.05) is 6.54 Å². The van der Waals surface area contributed by atoms with Gasteiger partial charge in [-0.05, 0) is 49.1 Å². The Kier molecular flexibility index (Phi) is 2.58. The monoisotopic (exact) mass is 250 g/mol. The Hall–Kier alpha value is -1.09. The molecular weight excluding hydrogens is 236 g/mol. The number of hydrogen-bond acceptors (Lipinski definition) is 2. The van der Waals surface area contributed by atoms with E-state index >= 15 is 0 Å². The molecule has 1 aromatic rings. The average molecular weight is 251 g/mol. The summed E-state index contributed by atoms with van der Waals surface area (Å²) in [7, 11) is 0. The quantitative estimate of drug-likeness (QED) is 0.835. The van der Waals surface area contributed by atoms with Crippen LogP contribution in [-0.4, -0.2) is 17.4 Å². The predicted octanol–water partition coefficient (Wildman–Crippen LogP) is 2.66. The van der Waals surface area contributed by atoms with Gasteiger partial charge in [-0.2, -0.15) is 0 Å². The molecule has 0 saturated heterocycles. The van der Waals surface area contributed by atoms with Crippen molar-refractivity contribution in [2.45, 2.75) is 25.7 Å². The number of pyridine rings is 1. The molecule has 4 heteroatoms. The van der Waals surface area contributed by atoms with Crippen LogP contribution in [0, 0.1) is 11.3 Å². The van der Waals surface area contributed by atoms with E-state index in [0.29, 0.717) is 16.1 Å². The normalized spacial score (nSPS) is 21.0. The van der Waals surface area contributed by atoms with Gasteiger partial charge in [-0.25, -0.2) is 4.98 Å². The molecule has 0 radical (unpaired) electrons. The summed E-state index contributed by atoms with van der Waals surface area (Å²) in [5.74, 6) is 0.826. The summed E-state index contributed by atoms with van der Waals surface area (Å²) in [6.45, 7) is 0.819. The topological polar surface area (TPSA) is 42.0 Å². The highest BCUT2D eigenvalue weighted by molar-refractivity contribution is 6.29. The summed E-state index contributed by atoms with van der Waals surface area (Å²) >= 11 is 5.68. The van der Waals surface area contributed by atoms with Crippen molar-refractivity contribution in [2.24, 2.45) is 11.3 Å². The number of hydrogen-bond donors (Lipinski definition) is 1. The molecule has 0 aromatic carbocycles. The second-order valence-electron chi connectivity index (χ2n) is 5.19. The summed E-state index contributed by atoms with van der Waals surface area (Å²) in [4.78, 5) is 15.8. The molecule has 0 spiro atoms. The maximum absolute atomic E-state index is 11.9. The van der Waals surface area contributed by atoms with E-state index in [-0.39, 0.29) is 5.91 Å². The van der Waals surface area contributed by atoms with Crippen LogP contribution in [0.5, 0.6) is 0 Å². The highest BCUT2D eigenvalue weighted by atomic mass is 35.5. The lowest BCUT2D eigenvalue weighted by molar-refractivity contribution is 0.0942. The number of amides is 1. The molecule has 0 atom stereocenters. The van der Waals surface area contributed by atoms with Crippen molar-refractivity contribution in [1.82, 2.24) is 10.3 Å². The third kappa shape index (κ3) is 2.29. The summed E-state index contributed by atoms with van der Waals surface area (Å²) in [5.41, 5.74) is 1.02. The fourth-order valence-corrected chi connectivity index (χ4v) is 2.57. The fraction of sp³-hybridized carbons (Fsp3) is 0.538. The standard InChI is InChI=1S/C13H15ClN2O/c14-11-4-1-9(7-15-11)12(17)16-8-13(5-6-13)10-2-3-10/h1,4,7,10H,2-3,5-6,8H2,(H,16,17). The average Bonchev–Trinajstić information content (AvgIpc) is 3.17. The summed E-state index contributed by atoms with van der Waals surface area (Å²) in [6.07, 6.45) is 6.76. The van der Waals surface area contributed by atoms with Crippen molar-refractivity contribution < 1.29 is 4.79 Å². The summed E-state index contributed by atoms with van der Waals surface area (Å²) in [5, 5.41) is 3.44. The van der Waals surface area contributed by atoms with E-state index in [9.17, 15) is 4.79 Å². The molecule has 1 heterocycles. The number of nitrogens with one attached hydrogen (secondary N) is 1. The first-order chi connectivity index (χ1) is 8.20. The maximum Gasteiger partial charge on any atom is 0.252 e. The number of rotatable bonds is 4. The molecule has 2 fully saturated rings. The summed E-state index contributed by atoms with van der Waals surface area (Å²) in [6, 6.07) is 3.35. The minimum atomic E-state index is -0.0407. The number of halogens is 1. The maximum atomic E-state index is 11.9. The van der Waals surface area contributed by atoms with E-state index < -0.39 is 0 Å². The van der Waals surface area contributed by atoms with Crippen LogP contribution >= 0.6 is 11.6 Å². The van der Waals surface area contributed by atoms with Crippen LogP contribution in [0.25, 0.3) is 0 Å². The summed E-state index contributed by atoms with van der Waals surface area (Å²) < 4.78 is 0.